The summed E-state index contributed by atoms with van der Waals surface area (Å²) in [5.74, 6) is 0.697. The van der Waals surface area contributed by atoms with Gasteiger partial charge in [0, 0.05) is 18.6 Å². The number of nitrogens with two attached hydrogens (primary N) is 1. The van der Waals surface area contributed by atoms with Gasteiger partial charge >= 0.3 is 6.18 Å². The van der Waals surface area contributed by atoms with E-state index in [0.29, 0.717) is 18.5 Å². The van der Waals surface area contributed by atoms with E-state index in [0.717, 1.165) is 37.1 Å². The maximum absolute atomic E-state index is 12.6. The van der Waals surface area contributed by atoms with E-state index >= 15 is 0 Å². The van der Waals surface area contributed by atoms with Crippen molar-refractivity contribution < 1.29 is 13.2 Å². The maximum atomic E-state index is 12.6. The van der Waals surface area contributed by atoms with Crippen LogP contribution in [-0.4, -0.2) is 24.0 Å². The molecule has 3 unspecified atom stereocenters. The molecular formula is C16H23F3N2. The van der Waals surface area contributed by atoms with Crippen molar-refractivity contribution in [3.05, 3.63) is 35.4 Å². The lowest BCUT2D eigenvalue weighted by molar-refractivity contribution is -0.137. The molecule has 2 N–H and O–H groups in total. The van der Waals surface area contributed by atoms with Gasteiger partial charge in [-0.15, -0.1) is 0 Å². The summed E-state index contributed by atoms with van der Waals surface area (Å²) in [6, 6.07) is 5.82. The zero-order valence-electron chi connectivity index (χ0n) is 12.5. The van der Waals surface area contributed by atoms with Crippen molar-refractivity contribution in [2.24, 2.45) is 11.7 Å². The highest BCUT2D eigenvalue weighted by Crippen LogP contribution is 2.33. The molecule has 2 rings (SSSR count). The van der Waals surface area contributed by atoms with Gasteiger partial charge in [0.2, 0.25) is 0 Å². The van der Waals surface area contributed by atoms with Crippen LogP contribution in [0.3, 0.4) is 0 Å². The third-order valence-electron chi connectivity index (χ3n) is 4.44. The summed E-state index contributed by atoms with van der Waals surface area (Å²) in [7, 11) is 0. The van der Waals surface area contributed by atoms with Gasteiger partial charge < -0.3 is 5.73 Å². The molecule has 21 heavy (non-hydrogen) atoms. The Labute approximate surface area is 124 Å². The molecule has 118 valence electrons. The molecule has 1 heterocycles. The fourth-order valence-electron chi connectivity index (χ4n) is 3.25. The van der Waals surface area contributed by atoms with Crippen molar-refractivity contribution in [1.29, 1.82) is 0 Å². The lowest BCUT2D eigenvalue weighted by atomic mass is 9.90. The lowest BCUT2D eigenvalue weighted by Gasteiger charge is -2.41. The van der Waals surface area contributed by atoms with E-state index in [2.05, 4.69) is 18.7 Å². The highest BCUT2D eigenvalue weighted by atomic mass is 19.4. The third-order valence-corrected chi connectivity index (χ3v) is 4.44. The van der Waals surface area contributed by atoms with Crippen LogP contribution >= 0.6 is 0 Å². The van der Waals surface area contributed by atoms with Crippen LogP contribution in [-0.2, 0) is 6.18 Å². The molecule has 5 heteroatoms. The average molecular weight is 300 g/mol. The molecule has 0 aliphatic carbocycles. The molecule has 1 aliphatic rings. The monoisotopic (exact) mass is 300 g/mol. The third kappa shape index (κ3) is 3.77. The molecule has 0 radical (unpaired) electrons. The summed E-state index contributed by atoms with van der Waals surface area (Å²) in [4.78, 5) is 2.32. The predicted molar refractivity (Wildman–Crippen MR) is 77.8 cm³/mol. The van der Waals surface area contributed by atoms with Gasteiger partial charge in [0.1, 0.15) is 0 Å². The van der Waals surface area contributed by atoms with Crippen LogP contribution in [0.15, 0.2) is 24.3 Å². The summed E-state index contributed by atoms with van der Waals surface area (Å²) in [6.45, 7) is 5.78. The fourth-order valence-corrected chi connectivity index (χ4v) is 3.25. The second kappa shape index (κ2) is 6.36. The minimum atomic E-state index is -4.29. The molecule has 1 fully saturated rings. The number of hydrogen-bond donors (Lipinski definition) is 1. The van der Waals surface area contributed by atoms with Crippen LogP contribution in [0, 0.1) is 5.92 Å². The van der Waals surface area contributed by atoms with Gasteiger partial charge in [-0.25, -0.2) is 0 Å². The van der Waals surface area contributed by atoms with Gasteiger partial charge in [-0.3, -0.25) is 4.90 Å². The fraction of sp³-hybridized carbons (Fsp3) is 0.625. The lowest BCUT2D eigenvalue weighted by Crippen LogP contribution is -2.44. The Morgan fingerprint density at radius 2 is 1.86 bits per heavy atom. The molecule has 0 aromatic heterocycles. The van der Waals surface area contributed by atoms with Gasteiger partial charge in [-0.1, -0.05) is 19.1 Å². The van der Waals surface area contributed by atoms with Gasteiger partial charge in [0.05, 0.1) is 5.56 Å². The summed E-state index contributed by atoms with van der Waals surface area (Å²) < 4.78 is 37.9. The zero-order valence-corrected chi connectivity index (χ0v) is 12.5. The topological polar surface area (TPSA) is 29.3 Å². The molecule has 0 spiro atoms. The maximum Gasteiger partial charge on any atom is 0.416 e. The minimum Gasteiger partial charge on any atom is -0.329 e. The number of hydrogen-bond acceptors (Lipinski definition) is 2. The Bertz CT molecular complexity index is 456. The van der Waals surface area contributed by atoms with E-state index < -0.39 is 11.7 Å². The van der Waals surface area contributed by atoms with Crippen molar-refractivity contribution in [2.75, 3.05) is 13.1 Å². The second-order valence-corrected chi connectivity index (χ2v) is 6.09. The zero-order chi connectivity index (χ0) is 15.6. The number of benzene rings is 1. The first-order chi connectivity index (χ1) is 9.82. The molecule has 0 saturated carbocycles. The molecule has 0 bridgehead atoms. The Hall–Kier alpha value is -1.07. The van der Waals surface area contributed by atoms with Crippen LogP contribution in [0.4, 0.5) is 13.2 Å². The Balaban J connectivity index is 2.17. The number of alkyl halides is 3. The smallest absolute Gasteiger partial charge is 0.329 e. The second-order valence-electron chi connectivity index (χ2n) is 6.09. The highest BCUT2D eigenvalue weighted by molar-refractivity contribution is 5.27. The van der Waals surface area contributed by atoms with Crippen molar-refractivity contribution in [3.63, 3.8) is 0 Å². The van der Waals surface area contributed by atoms with Crippen LogP contribution < -0.4 is 5.73 Å². The Kier molecular flexibility index (Phi) is 4.94. The van der Waals surface area contributed by atoms with Crippen molar-refractivity contribution in [3.8, 4) is 0 Å². The van der Waals surface area contributed by atoms with Crippen molar-refractivity contribution >= 4 is 0 Å². The van der Waals surface area contributed by atoms with Gasteiger partial charge in [0.15, 0.2) is 0 Å². The van der Waals surface area contributed by atoms with E-state index in [1.54, 1.807) is 12.1 Å². The van der Waals surface area contributed by atoms with Gasteiger partial charge in [-0.2, -0.15) is 13.2 Å². The summed E-state index contributed by atoms with van der Waals surface area (Å²) >= 11 is 0. The van der Waals surface area contributed by atoms with Crippen LogP contribution in [0.25, 0.3) is 0 Å². The molecule has 3 atom stereocenters. The average Bonchev–Trinajstić information content (AvgIpc) is 2.41. The highest BCUT2D eigenvalue weighted by Gasteiger charge is 2.32. The van der Waals surface area contributed by atoms with E-state index in [1.165, 1.54) is 0 Å². The normalized spacial score (nSPS) is 25.8. The minimum absolute atomic E-state index is 0.00483. The van der Waals surface area contributed by atoms with Gasteiger partial charge in [0.25, 0.3) is 0 Å². The van der Waals surface area contributed by atoms with E-state index in [-0.39, 0.29) is 6.04 Å². The van der Waals surface area contributed by atoms with E-state index in [4.69, 9.17) is 5.73 Å². The number of nitrogens with zero attached hydrogens (tertiary/aromatic N) is 1. The number of likely N-dealkylation sites (tertiary alicyclic amines) is 1. The number of piperidine rings is 1. The molecule has 1 saturated heterocycles. The van der Waals surface area contributed by atoms with Crippen LogP contribution in [0.2, 0.25) is 0 Å². The van der Waals surface area contributed by atoms with Crippen LogP contribution in [0.1, 0.15) is 43.9 Å². The molecule has 2 nitrogen and oxygen atoms in total. The Morgan fingerprint density at radius 3 is 2.33 bits per heavy atom. The molecule has 1 aromatic carbocycles. The summed E-state index contributed by atoms with van der Waals surface area (Å²) in [5, 5.41) is 0. The van der Waals surface area contributed by atoms with Crippen molar-refractivity contribution in [1.82, 2.24) is 4.90 Å². The molecule has 1 aliphatic heterocycles. The van der Waals surface area contributed by atoms with E-state index in [9.17, 15) is 13.2 Å². The number of rotatable bonds is 3. The first-order valence-electron chi connectivity index (χ1n) is 7.46. The summed E-state index contributed by atoms with van der Waals surface area (Å²) in [5.41, 5.74) is 6.15. The number of halogens is 3. The van der Waals surface area contributed by atoms with Crippen molar-refractivity contribution in [2.45, 2.75) is 44.9 Å². The van der Waals surface area contributed by atoms with E-state index in [1.807, 2.05) is 0 Å². The molecular weight excluding hydrogens is 277 g/mol. The first kappa shape index (κ1) is 16.3. The quantitative estimate of drug-likeness (QED) is 0.919. The van der Waals surface area contributed by atoms with Crippen LogP contribution in [0.5, 0.6) is 0 Å². The SMILES string of the molecule is CC1CCN(C(CN)c2ccc(C(F)(F)F)cc2)C(C)C1. The molecule has 1 aromatic rings. The first-order valence-corrected chi connectivity index (χ1v) is 7.46. The largest absolute Gasteiger partial charge is 0.416 e. The van der Waals surface area contributed by atoms with Gasteiger partial charge in [-0.05, 0) is 49.9 Å². The predicted octanol–water partition coefficient (Wildman–Crippen LogP) is 3.83. The standard InChI is InChI=1S/C16H23F3N2/c1-11-7-8-21(12(2)9-11)15(10-20)13-3-5-14(6-4-13)16(17,18)19/h3-6,11-12,15H,7-10,20H2,1-2H3. The Morgan fingerprint density at radius 1 is 1.24 bits per heavy atom. The molecule has 0 amide bonds. The summed E-state index contributed by atoms with van der Waals surface area (Å²) in [6.07, 6.45) is -2.07.